The van der Waals surface area contributed by atoms with Crippen molar-refractivity contribution in [1.82, 2.24) is 0 Å². The van der Waals surface area contributed by atoms with Crippen molar-refractivity contribution >= 4 is 11.6 Å². The van der Waals surface area contributed by atoms with Crippen molar-refractivity contribution in [3.63, 3.8) is 0 Å². The van der Waals surface area contributed by atoms with Gasteiger partial charge in [-0.1, -0.05) is 89.7 Å². The minimum absolute atomic E-state index is 0.451. The molecule has 0 aromatic heterocycles. The van der Waals surface area contributed by atoms with E-state index in [0.717, 1.165) is 25.5 Å². The first kappa shape index (κ1) is 26.0. The van der Waals surface area contributed by atoms with Gasteiger partial charge in [0, 0.05) is 12.5 Å². The third-order valence-corrected chi connectivity index (χ3v) is 4.93. The van der Waals surface area contributed by atoms with E-state index in [1.165, 1.54) is 96.3 Å². The van der Waals surface area contributed by atoms with Crippen molar-refractivity contribution in [2.45, 2.75) is 110 Å². The van der Waals surface area contributed by atoms with Gasteiger partial charge < -0.3 is 9.47 Å². The first-order chi connectivity index (χ1) is 12.9. The highest BCUT2D eigenvalue weighted by Crippen LogP contribution is 2.09. The van der Waals surface area contributed by atoms with Crippen LogP contribution in [0.3, 0.4) is 0 Å². The molecule has 0 aliphatic rings. The molecule has 0 radical (unpaired) electrons. The summed E-state index contributed by atoms with van der Waals surface area (Å²) in [6, 6.07) is 0. The van der Waals surface area contributed by atoms with E-state index in [1.54, 1.807) is 0 Å². The molecule has 0 bridgehead atoms. The van der Waals surface area contributed by atoms with Crippen LogP contribution in [-0.2, 0) is 9.47 Å². The molecule has 0 fully saturated rings. The molecule has 0 spiro atoms. The number of hydrogen-bond acceptors (Lipinski definition) is 2. The van der Waals surface area contributed by atoms with Crippen LogP contribution in [0, 0.1) is 0 Å². The third-order valence-electron chi connectivity index (χ3n) is 4.66. The molecular weight excluding hydrogens is 344 g/mol. The molecule has 0 amide bonds. The van der Waals surface area contributed by atoms with Gasteiger partial charge in [0.15, 0.2) is 0 Å². The molecule has 0 atom stereocenters. The van der Waals surface area contributed by atoms with Gasteiger partial charge >= 0.3 is 0 Å². The molecule has 0 aromatic rings. The van der Waals surface area contributed by atoms with Crippen molar-refractivity contribution in [3.05, 3.63) is 12.2 Å². The fourth-order valence-electron chi connectivity index (χ4n) is 2.97. The normalized spacial score (nSPS) is 11.6. The van der Waals surface area contributed by atoms with E-state index in [0.29, 0.717) is 6.79 Å². The van der Waals surface area contributed by atoms with Gasteiger partial charge in [-0.25, -0.2) is 0 Å². The largest absolute Gasteiger partial charge is 0.355 e. The molecule has 0 rings (SSSR count). The van der Waals surface area contributed by atoms with Gasteiger partial charge in [0.25, 0.3) is 0 Å². The fourth-order valence-corrected chi connectivity index (χ4v) is 3.15. The van der Waals surface area contributed by atoms with Crippen molar-refractivity contribution in [2.75, 3.05) is 25.9 Å². The average Bonchev–Trinajstić information content (AvgIpc) is 2.66. The highest BCUT2D eigenvalue weighted by Gasteiger charge is 1.93. The second kappa shape index (κ2) is 24.9. The molecule has 0 aromatic carbocycles. The summed E-state index contributed by atoms with van der Waals surface area (Å²) < 4.78 is 11.0. The molecule has 0 N–H and O–H groups in total. The van der Waals surface area contributed by atoms with E-state index in [2.05, 4.69) is 19.1 Å². The van der Waals surface area contributed by atoms with Gasteiger partial charge in [0.05, 0.1) is 6.61 Å². The lowest BCUT2D eigenvalue weighted by atomic mass is 10.1. The predicted molar refractivity (Wildman–Crippen MR) is 116 cm³/mol. The van der Waals surface area contributed by atoms with Crippen LogP contribution >= 0.6 is 11.6 Å². The molecule has 0 aliphatic heterocycles. The van der Waals surface area contributed by atoms with E-state index in [1.807, 2.05) is 0 Å². The van der Waals surface area contributed by atoms with Crippen LogP contribution in [0.1, 0.15) is 110 Å². The number of halogens is 1. The lowest BCUT2D eigenvalue weighted by Gasteiger charge is -2.05. The summed E-state index contributed by atoms with van der Waals surface area (Å²) in [5.74, 6) is 0.815. The second-order valence-electron chi connectivity index (χ2n) is 7.27. The number of hydrogen-bond donors (Lipinski definition) is 0. The van der Waals surface area contributed by atoms with Crippen molar-refractivity contribution in [3.8, 4) is 0 Å². The summed E-state index contributed by atoms with van der Waals surface area (Å²) in [7, 11) is 0. The van der Waals surface area contributed by atoms with Crippen LogP contribution in [-0.4, -0.2) is 25.9 Å². The molecule has 0 saturated carbocycles. The first-order valence-corrected chi connectivity index (χ1v) is 11.8. The van der Waals surface area contributed by atoms with Gasteiger partial charge in [-0.2, -0.15) is 0 Å². The summed E-state index contributed by atoms with van der Waals surface area (Å²) in [4.78, 5) is 0. The summed E-state index contributed by atoms with van der Waals surface area (Å²) in [5, 5.41) is 0. The van der Waals surface area contributed by atoms with Crippen LogP contribution < -0.4 is 0 Å². The Hall–Kier alpha value is -0.0500. The molecule has 3 heteroatoms. The molecule has 2 nitrogen and oxygen atoms in total. The van der Waals surface area contributed by atoms with Crippen molar-refractivity contribution in [1.29, 1.82) is 0 Å². The molecule has 26 heavy (non-hydrogen) atoms. The lowest BCUT2D eigenvalue weighted by Crippen LogP contribution is -2.02. The quantitative estimate of drug-likeness (QED) is 0.0808. The van der Waals surface area contributed by atoms with E-state index in [-0.39, 0.29) is 0 Å². The second-order valence-corrected chi connectivity index (χ2v) is 7.65. The maximum Gasteiger partial charge on any atom is 0.146 e. The maximum atomic E-state index is 5.67. The van der Waals surface area contributed by atoms with Crippen LogP contribution in [0.5, 0.6) is 0 Å². The smallest absolute Gasteiger partial charge is 0.146 e. The Morgan fingerprint density at radius 2 is 1.12 bits per heavy atom. The summed E-state index contributed by atoms with van der Waals surface area (Å²) in [6.07, 6.45) is 25.3. The van der Waals surface area contributed by atoms with Crippen molar-refractivity contribution in [2.24, 2.45) is 0 Å². The van der Waals surface area contributed by atoms with Crippen LogP contribution in [0.2, 0.25) is 0 Å². The Bertz CT molecular complexity index is 269. The van der Waals surface area contributed by atoms with Crippen molar-refractivity contribution < 1.29 is 9.47 Å². The monoisotopic (exact) mass is 388 g/mol. The van der Waals surface area contributed by atoms with Crippen LogP contribution in [0.4, 0.5) is 0 Å². The molecule has 0 heterocycles. The van der Waals surface area contributed by atoms with E-state index < -0.39 is 0 Å². The zero-order chi connectivity index (χ0) is 19.0. The number of ether oxygens (including phenoxy) is 2. The Labute approximate surface area is 169 Å². The van der Waals surface area contributed by atoms with E-state index in [9.17, 15) is 0 Å². The predicted octanol–water partition coefficient (Wildman–Crippen LogP) is 8.03. The minimum atomic E-state index is 0.451. The first-order valence-electron chi connectivity index (χ1n) is 11.3. The van der Waals surface area contributed by atoms with Gasteiger partial charge in [-0.3, -0.25) is 0 Å². The number of rotatable bonds is 22. The molecule has 0 aliphatic carbocycles. The third kappa shape index (κ3) is 23.9. The Morgan fingerprint density at radius 3 is 1.81 bits per heavy atom. The minimum Gasteiger partial charge on any atom is -0.355 e. The summed E-state index contributed by atoms with van der Waals surface area (Å²) >= 11 is 5.67. The van der Waals surface area contributed by atoms with E-state index >= 15 is 0 Å². The highest BCUT2D eigenvalue weighted by molar-refractivity contribution is 6.17. The Balaban J connectivity index is 3.04. The lowest BCUT2D eigenvalue weighted by molar-refractivity contribution is -0.0531. The van der Waals surface area contributed by atoms with Gasteiger partial charge in [-0.05, 0) is 32.1 Å². The zero-order valence-electron chi connectivity index (χ0n) is 17.5. The van der Waals surface area contributed by atoms with Gasteiger partial charge in [0.1, 0.15) is 6.79 Å². The van der Waals surface area contributed by atoms with Gasteiger partial charge in [-0.15, -0.1) is 11.6 Å². The number of alkyl halides is 1. The van der Waals surface area contributed by atoms with E-state index in [4.69, 9.17) is 21.1 Å². The molecule has 0 unspecified atom stereocenters. The SMILES string of the molecule is CCCCCCCCCCOCOCCC=CCCCCCCCCCl. The fraction of sp³-hybridized carbons (Fsp3) is 0.913. The van der Waals surface area contributed by atoms with Crippen LogP contribution in [0.25, 0.3) is 0 Å². The highest BCUT2D eigenvalue weighted by atomic mass is 35.5. The Kier molecular flexibility index (Phi) is 24.9. The standard InChI is InChI=1S/C23H45ClO2/c1-2-3-4-5-6-12-15-18-21-25-23-26-22-19-16-13-10-8-7-9-11-14-17-20-24/h13,16H,2-12,14-15,17-23H2,1H3. The zero-order valence-corrected chi connectivity index (χ0v) is 18.2. The molecule has 0 saturated heterocycles. The van der Waals surface area contributed by atoms with Gasteiger partial charge in [0.2, 0.25) is 0 Å². The molecule has 156 valence electrons. The average molecular weight is 389 g/mol. The number of allylic oxidation sites excluding steroid dienone is 1. The number of unbranched alkanes of at least 4 members (excludes halogenated alkanes) is 13. The maximum absolute atomic E-state index is 5.67. The molecular formula is C23H45ClO2. The summed E-state index contributed by atoms with van der Waals surface area (Å²) in [5.41, 5.74) is 0. The topological polar surface area (TPSA) is 18.5 Å². The van der Waals surface area contributed by atoms with Crippen LogP contribution in [0.15, 0.2) is 12.2 Å². The Morgan fingerprint density at radius 1 is 0.577 bits per heavy atom. The summed E-state index contributed by atoms with van der Waals surface area (Å²) in [6.45, 7) is 4.33.